The summed E-state index contributed by atoms with van der Waals surface area (Å²) in [4.78, 5) is 0. The standard InChI is InChI=1S/C18H31NO/c1-16(2,3)13-10-14(17(4,5)6)12-15(11-13)19(20)18(7,8)9/h10-12,20H,1-9H3. The van der Waals surface area contributed by atoms with Crippen molar-refractivity contribution in [2.24, 2.45) is 0 Å². The van der Waals surface area contributed by atoms with Crippen LogP contribution in [0, 0.1) is 0 Å². The second kappa shape index (κ2) is 5.07. The Kier molecular flexibility index (Phi) is 4.32. The summed E-state index contributed by atoms with van der Waals surface area (Å²) >= 11 is 0. The fraction of sp³-hybridized carbons (Fsp3) is 0.667. The van der Waals surface area contributed by atoms with E-state index < -0.39 is 0 Å². The molecular formula is C18H31NO. The highest BCUT2D eigenvalue weighted by atomic mass is 16.5. The lowest BCUT2D eigenvalue weighted by Crippen LogP contribution is -2.39. The highest BCUT2D eigenvalue weighted by molar-refractivity contribution is 5.53. The Balaban J connectivity index is 3.47. The molecule has 1 rings (SSSR count). The molecule has 20 heavy (non-hydrogen) atoms. The van der Waals surface area contributed by atoms with Crippen LogP contribution >= 0.6 is 0 Å². The molecule has 0 bridgehead atoms. The molecule has 1 aromatic carbocycles. The van der Waals surface area contributed by atoms with Gasteiger partial charge >= 0.3 is 0 Å². The van der Waals surface area contributed by atoms with Gasteiger partial charge in [0.2, 0.25) is 0 Å². The van der Waals surface area contributed by atoms with Crippen LogP contribution in [0.1, 0.15) is 73.4 Å². The van der Waals surface area contributed by atoms with Gasteiger partial charge < -0.3 is 0 Å². The Morgan fingerprint density at radius 2 is 1.05 bits per heavy atom. The third kappa shape index (κ3) is 3.99. The fourth-order valence-electron chi connectivity index (χ4n) is 1.99. The van der Waals surface area contributed by atoms with Gasteiger partial charge in [0.1, 0.15) is 0 Å². The molecule has 2 heteroatoms. The van der Waals surface area contributed by atoms with Gasteiger partial charge in [0.25, 0.3) is 0 Å². The van der Waals surface area contributed by atoms with Gasteiger partial charge in [0, 0.05) is 0 Å². The summed E-state index contributed by atoms with van der Waals surface area (Å²) < 4.78 is 0. The largest absolute Gasteiger partial charge is 0.288 e. The van der Waals surface area contributed by atoms with E-state index in [2.05, 4.69) is 59.7 Å². The van der Waals surface area contributed by atoms with Crippen molar-refractivity contribution in [2.45, 2.75) is 78.7 Å². The number of anilines is 1. The Bertz CT molecular complexity index is 437. The summed E-state index contributed by atoms with van der Waals surface area (Å²) in [6, 6.07) is 6.46. The van der Waals surface area contributed by atoms with Crippen LogP contribution in [0.4, 0.5) is 5.69 Å². The van der Waals surface area contributed by atoms with E-state index >= 15 is 0 Å². The van der Waals surface area contributed by atoms with Gasteiger partial charge in [-0.25, -0.2) is 0 Å². The van der Waals surface area contributed by atoms with Crippen LogP contribution in [-0.4, -0.2) is 10.7 Å². The van der Waals surface area contributed by atoms with E-state index in [0.29, 0.717) is 0 Å². The smallest absolute Gasteiger partial charge is 0.0646 e. The summed E-state index contributed by atoms with van der Waals surface area (Å²) in [5.74, 6) is 0. The van der Waals surface area contributed by atoms with E-state index in [9.17, 15) is 5.21 Å². The maximum Gasteiger partial charge on any atom is 0.0646 e. The number of nitrogens with zero attached hydrogens (tertiary/aromatic N) is 1. The van der Waals surface area contributed by atoms with Crippen molar-refractivity contribution >= 4 is 5.69 Å². The molecule has 0 aliphatic heterocycles. The second-order valence-corrected chi connectivity index (χ2v) is 8.75. The summed E-state index contributed by atoms with van der Waals surface area (Å²) in [5.41, 5.74) is 3.19. The number of hydroxylamine groups is 1. The van der Waals surface area contributed by atoms with Crippen molar-refractivity contribution in [3.63, 3.8) is 0 Å². The minimum absolute atomic E-state index is 0.0642. The van der Waals surface area contributed by atoms with E-state index in [0.717, 1.165) is 5.69 Å². The zero-order valence-corrected chi connectivity index (χ0v) is 14.6. The van der Waals surface area contributed by atoms with Gasteiger partial charge in [-0.2, -0.15) is 0 Å². The van der Waals surface area contributed by atoms with Crippen LogP contribution in [0.15, 0.2) is 18.2 Å². The molecule has 0 aliphatic carbocycles. The minimum atomic E-state index is -0.314. The summed E-state index contributed by atoms with van der Waals surface area (Å²) in [6.07, 6.45) is 0. The van der Waals surface area contributed by atoms with Crippen molar-refractivity contribution in [1.29, 1.82) is 0 Å². The first-order chi connectivity index (χ1) is 8.73. The topological polar surface area (TPSA) is 23.5 Å². The molecule has 2 nitrogen and oxygen atoms in total. The molecule has 0 atom stereocenters. The molecule has 1 aromatic rings. The molecule has 0 fully saturated rings. The molecule has 114 valence electrons. The van der Waals surface area contributed by atoms with Gasteiger partial charge in [0.05, 0.1) is 11.2 Å². The first kappa shape index (κ1) is 17.0. The molecule has 0 aromatic heterocycles. The van der Waals surface area contributed by atoms with Crippen molar-refractivity contribution in [3.05, 3.63) is 29.3 Å². The lowest BCUT2D eigenvalue weighted by atomic mass is 9.80. The lowest BCUT2D eigenvalue weighted by molar-refractivity contribution is 0.180. The van der Waals surface area contributed by atoms with Crippen molar-refractivity contribution in [3.8, 4) is 0 Å². The first-order valence-corrected chi connectivity index (χ1v) is 7.38. The molecule has 0 saturated heterocycles. The third-order valence-electron chi connectivity index (χ3n) is 3.53. The predicted molar refractivity (Wildman–Crippen MR) is 87.9 cm³/mol. The Hall–Kier alpha value is -1.02. The molecule has 1 N–H and O–H groups in total. The van der Waals surface area contributed by atoms with E-state index in [-0.39, 0.29) is 16.4 Å². The van der Waals surface area contributed by atoms with Crippen LogP contribution in [-0.2, 0) is 10.8 Å². The first-order valence-electron chi connectivity index (χ1n) is 7.38. The molecule has 0 unspecified atom stereocenters. The number of benzene rings is 1. The normalized spacial score (nSPS) is 13.5. The quantitative estimate of drug-likeness (QED) is 0.706. The average Bonchev–Trinajstić information content (AvgIpc) is 2.23. The van der Waals surface area contributed by atoms with E-state index in [1.54, 1.807) is 0 Å². The van der Waals surface area contributed by atoms with Gasteiger partial charge in [-0.05, 0) is 54.9 Å². The van der Waals surface area contributed by atoms with Crippen molar-refractivity contribution in [1.82, 2.24) is 0 Å². The zero-order chi connectivity index (χ0) is 15.9. The Morgan fingerprint density at radius 3 is 1.30 bits per heavy atom. The second-order valence-electron chi connectivity index (χ2n) is 8.75. The van der Waals surface area contributed by atoms with Crippen molar-refractivity contribution < 1.29 is 5.21 Å². The summed E-state index contributed by atoms with van der Waals surface area (Å²) in [5, 5.41) is 11.8. The van der Waals surface area contributed by atoms with Gasteiger partial charge in [-0.3, -0.25) is 10.3 Å². The summed E-state index contributed by atoms with van der Waals surface area (Å²) in [6.45, 7) is 19.3. The molecule has 0 aliphatic rings. The zero-order valence-electron chi connectivity index (χ0n) is 14.6. The lowest BCUT2D eigenvalue weighted by Gasteiger charge is -2.34. The summed E-state index contributed by atoms with van der Waals surface area (Å²) in [7, 11) is 0. The monoisotopic (exact) mass is 277 g/mol. The number of hydrogen-bond donors (Lipinski definition) is 1. The van der Waals surface area contributed by atoms with Gasteiger partial charge in [0.15, 0.2) is 0 Å². The van der Waals surface area contributed by atoms with Crippen LogP contribution in [0.25, 0.3) is 0 Å². The predicted octanol–water partition coefficient (Wildman–Crippen LogP) is 5.28. The van der Waals surface area contributed by atoms with E-state index in [1.807, 2.05) is 20.8 Å². The highest BCUT2D eigenvalue weighted by Gasteiger charge is 2.25. The van der Waals surface area contributed by atoms with Crippen LogP contribution < -0.4 is 5.06 Å². The highest BCUT2D eigenvalue weighted by Crippen LogP contribution is 2.34. The fourth-order valence-corrected chi connectivity index (χ4v) is 1.99. The third-order valence-corrected chi connectivity index (χ3v) is 3.53. The average molecular weight is 277 g/mol. The molecular weight excluding hydrogens is 246 g/mol. The molecule has 0 spiro atoms. The van der Waals surface area contributed by atoms with Gasteiger partial charge in [-0.1, -0.05) is 47.6 Å². The van der Waals surface area contributed by atoms with E-state index in [1.165, 1.54) is 16.2 Å². The van der Waals surface area contributed by atoms with Gasteiger partial charge in [-0.15, -0.1) is 0 Å². The van der Waals surface area contributed by atoms with Crippen LogP contribution in [0.2, 0.25) is 0 Å². The maximum absolute atomic E-state index is 10.5. The van der Waals surface area contributed by atoms with E-state index in [4.69, 9.17) is 0 Å². The number of rotatable bonds is 1. The molecule has 0 saturated carbocycles. The van der Waals surface area contributed by atoms with Crippen LogP contribution in [0.3, 0.4) is 0 Å². The molecule has 0 heterocycles. The Morgan fingerprint density at radius 1 is 0.700 bits per heavy atom. The molecule has 0 amide bonds. The van der Waals surface area contributed by atoms with Crippen molar-refractivity contribution in [2.75, 3.05) is 5.06 Å². The maximum atomic E-state index is 10.5. The SMILES string of the molecule is CC(C)(C)c1cc(N(O)C(C)(C)C)cc(C(C)(C)C)c1. The number of hydrogen-bond acceptors (Lipinski definition) is 2. The molecule has 0 radical (unpaired) electrons. The Labute approximate surface area is 124 Å². The minimum Gasteiger partial charge on any atom is -0.288 e. The van der Waals surface area contributed by atoms with Crippen LogP contribution in [0.5, 0.6) is 0 Å².